The highest BCUT2D eigenvalue weighted by atomic mass is 32.2. The molecule has 0 heterocycles. The fraction of sp³-hybridized carbons (Fsp3) is 0.368. The molecule has 2 N–H and O–H groups in total. The lowest BCUT2D eigenvalue weighted by molar-refractivity contribution is -0.154. The minimum absolute atomic E-state index is 0.106. The van der Waals surface area contributed by atoms with E-state index in [1.54, 1.807) is 12.1 Å². The molecule has 1 amide bonds. The summed E-state index contributed by atoms with van der Waals surface area (Å²) < 4.78 is 32.2. The number of hydrogen-bond acceptors (Lipinski definition) is 5. The van der Waals surface area contributed by atoms with E-state index >= 15 is 0 Å². The van der Waals surface area contributed by atoms with Crippen LogP contribution < -0.4 is 10.0 Å². The summed E-state index contributed by atoms with van der Waals surface area (Å²) >= 11 is 0. The van der Waals surface area contributed by atoms with Gasteiger partial charge in [0.1, 0.15) is 0 Å². The van der Waals surface area contributed by atoms with Crippen molar-refractivity contribution in [3.05, 3.63) is 42.5 Å². The maximum atomic E-state index is 12.4. The highest BCUT2D eigenvalue weighted by Gasteiger charge is 2.27. The summed E-state index contributed by atoms with van der Waals surface area (Å²) in [5.41, 5.74) is 0. The molecule has 1 aliphatic carbocycles. The van der Waals surface area contributed by atoms with Gasteiger partial charge in [0.15, 0.2) is 6.10 Å². The largest absolute Gasteiger partial charge is 0.453 e. The number of rotatable bonds is 8. The zero-order valence-corrected chi connectivity index (χ0v) is 15.8. The van der Waals surface area contributed by atoms with Crippen LogP contribution >= 0.6 is 0 Å². The Morgan fingerprint density at radius 1 is 1.15 bits per heavy atom. The first-order valence-corrected chi connectivity index (χ1v) is 10.3. The fourth-order valence-corrected chi connectivity index (χ4v) is 3.63. The number of hydrogen-bond donors (Lipinski definition) is 2. The van der Waals surface area contributed by atoms with Crippen LogP contribution in [0.3, 0.4) is 0 Å². The van der Waals surface area contributed by atoms with Gasteiger partial charge >= 0.3 is 5.97 Å². The van der Waals surface area contributed by atoms with Crippen LogP contribution in [0, 0.1) is 0 Å². The Morgan fingerprint density at radius 3 is 2.56 bits per heavy atom. The normalized spacial score (nSPS) is 15.3. The third kappa shape index (κ3) is 5.27. The van der Waals surface area contributed by atoms with Crippen LogP contribution in [0.5, 0.6) is 0 Å². The van der Waals surface area contributed by atoms with Gasteiger partial charge in [0.2, 0.25) is 10.0 Å². The molecule has 0 unspecified atom stereocenters. The molecule has 2 aromatic carbocycles. The second-order valence-corrected chi connectivity index (χ2v) is 8.34. The van der Waals surface area contributed by atoms with Crippen LogP contribution in [0.1, 0.15) is 26.2 Å². The van der Waals surface area contributed by atoms with E-state index in [-0.39, 0.29) is 29.8 Å². The van der Waals surface area contributed by atoms with Crippen molar-refractivity contribution in [2.24, 2.45) is 0 Å². The Balaban J connectivity index is 1.50. The molecule has 0 saturated heterocycles. The van der Waals surface area contributed by atoms with Gasteiger partial charge in [0, 0.05) is 12.6 Å². The van der Waals surface area contributed by atoms with E-state index in [9.17, 15) is 18.0 Å². The lowest BCUT2D eigenvalue weighted by Crippen LogP contribution is -2.37. The highest BCUT2D eigenvalue weighted by molar-refractivity contribution is 7.89. The molecule has 0 aliphatic heterocycles. The summed E-state index contributed by atoms with van der Waals surface area (Å²) in [5, 5.41) is 4.51. The molecule has 1 fully saturated rings. The Labute approximate surface area is 158 Å². The Hall–Kier alpha value is -2.45. The van der Waals surface area contributed by atoms with Crippen molar-refractivity contribution in [2.45, 2.75) is 43.2 Å². The summed E-state index contributed by atoms with van der Waals surface area (Å²) in [5.74, 6) is -0.961. The third-order valence-electron chi connectivity index (χ3n) is 4.25. The van der Waals surface area contributed by atoms with Crippen LogP contribution in [-0.2, 0) is 24.3 Å². The van der Waals surface area contributed by atoms with Gasteiger partial charge in [-0.05, 0) is 42.7 Å². The van der Waals surface area contributed by atoms with Gasteiger partial charge in [-0.1, -0.05) is 30.3 Å². The first-order valence-electron chi connectivity index (χ1n) is 8.83. The van der Waals surface area contributed by atoms with Crippen molar-refractivity contribution in [3.63, 3.8) is 0 Å². The van der Waals surface area contributed by atoms with Crippen molar-refractivity contribution in [1.29, 1.82) is 0 Å². The molecule has 0 aromatic heterocycles. The molecule has 8 heteroatoms. The molecule has 1 aliphatic rings. The molecule has 3 rings (SSSR count). The molecular formula is C19H22N2O5S. The first kappa shape index (κ1) is 19.3. The number of sulfonamides is 1. The van der Waals surface area contributed by atoms with Crippen LogP contribution in [0.15, 0.2) is 47.4 Å². The molecule has 144 valence electrons. The van der Waals surface area contributed by atoms with Crippen molar-refractivity contribution in [3.8, 4) is 0 Å². The number of esters is 1. The van der Waals surface area contributed by atoms with E-state index in [2.05, 4.69) is 10.0 Å². The zero-order chi connectivity index (χ0) is 19.4. The zero-order valence-electron chi connectivity index (χ0n) is 15.0. The molecule has 0 bridgehead atoms. The summed E-state index contributed by atoms with van der Waals surface area (Å²) in [6.07, 6.45) is 0.843. The van der Waals surface area contributed by atoms with Crippen LogP contribution in [0.4, 0.5) is 0 Å². The number of fused-ring (bicyclic) bond motifs is 1. The molecule has 27 heavy (non-hydrogen) atoms. The van der Waals surface area contributed by atoms with Gasteiger partial charge in [-0.15, -0.1) is 0 Å². The van der Waals surface area contributed by atoms with Gasteiger partial charge in [-0.3, -0.25) is 9.59 Å². The van der Waals surface area contributed by atoms with Crippen molar-refractivity contribution in [2.75, 3.05) is 6.54 Å². The summed E-state index contributed by atoms with van der Waals surface area (Å²) in [6, 6.07) is 12.5. The molecule has 2 aromatic rings. The van der Waals surface area contributed by atoms with Crippen LogP contribution in [0.2, 0.25) is 0 Å². The summed E-state index contributed by atoms with van der Waals surface area (Å²) in [4.78, 5) is 23.7. The minimum atomic E-state index is -3.74. The number of ether oxygens (including phenoxy) is 1. The minimum Gasteiger partial charge on any atom is -0.453 e. The SMILES string of the molecule is C[C@@H](OC(=O)CCNS(=O)(=O)c1ccc2ccccc2c1)C(=O)NC1CC1. The first-order chi connectivity index (χ1) is 12.8. The lowest BCUT2D eigenvalue weighted by Gasteiger charge is -2.13. The smallest absolute Gasteiger partial charge is 0.307 e. The average Bonchev–Trinajstić information content (AvgIpc) is 3.45. The topological polar surface area (TPSA) is 102 Å². The summed E-state index contributed by atoms with van der Waals surface area (Å²) in [7, 11) is -3.74. The van der Waals surface area contributed by atoms with Gasteiger partial charge in [0.25, 0.3) is 5.91 Å². The monoisotopic (exact) mass is 390 g/mol. The third-order valence-corrected chi connectivity index (χ3v) is 5.71. The molecule has 0 spiro atoms. The van der Waals surface area contributed by atoms with Crippen molar-refractivity contribution < 1.29 is 22.7 Å². The number of amides is 1. The number of benzene rings is 2. The maximum absolute atomic E-state index is 12.4. The van der Waals surface area contributed by atoms with Gasteiger partial charge < -0.3 is 10.1 Å². The number of carbonyl (C=O) groups is 2. The quantitative estimate of drug-likeness (QED) is 0.668. The van der Waals surface area contributed by atoms with Crippen molar-refractivity contribution >= 4 is 32.7 Å². The van der Waals surface area contributed by atoms with E-state index in [1.807, 2.05) is 24.3 Å². The van der Waals surface area contributed by atoms with Crippen LogP contribution in [-0.4, -0.2) is 39.0 Å². The Kier molecular flexibility index (Phi) is 5.76. The molecule has 0 radical (unpaired) electrons. The highest BCUT2D eigenvalue weighted by Crippen LogP contribution is 2.19. The van der Waals surface area contributed by atoms with Gasteiger partial charge in [0.05, 0.1) is 11.3 Å². The van der Waals surface area contributed by atoms with Crippen LogP contribution in [0.25, 0.3) is 10.8 Å². The fourth-order valence-electron chi connectivity index (χ4n) is 2.56. The Bertz CT molecular complexity index is 953. The lowest BCUT2D eigenvalue weighted by atomic mass is 10.1. The molecule has 1 atom stereocenters. The molecule has 7 nitrogen and oxygen atoms in total. The second-order valence-electron chi connectivity index (χ2n) is 6.57. The van der Waals surface area contributed by atoms with Gasteiger partial charge in [-0.2, -0.15) is 0 Å². The molecular weight excluding hydrogens is 368 g/mol. The predicted molar refractivity (Wildman–Crippen MR) is 100 cm³/mol. The van der Waals surface area contributed by atoms with E-state index in [1.165, 1.54) is 13.0 Å². The number of nitrogens with one attached hydrogen (secondary N) is 2. The van der Waals surface area contributed by atoms with E-state index in [0.717, 1.165) is 23.6 Å². The second kappa shape index (κ2) is 8.06. The maximum Gasteiger partial charge on any atom is 0.307 e. The van der Waals surface area contributed by atoms with Gasteiger partial charge in [-0.25, -0.2) is 13.1 Å². The number of carbonyl (C=O) groups excluding carboxylic acids is 2. The van der Waals surface area contributed by atoms with Crippen molar-refractivity contribution in [1.82, 2.24) is 10.0 Å². The molecule has 1 saturated carbocycles. The van der Waals surface area contributed by atoms with E-state index in [0.29, 0.717) is 0 Å². The Morgan fingerprint density at radius 2 is 1.85 bits per heavy atom. The van der Waals surface area contributed by atoms with E-state index < -0.39 is 22.1 Å². The standard InChI is InChI=1S/C19H22N2O5S/c1-13(19(23)21-16-7-8-16)26-18(22)10-11-20-27(24,25)17-9-6-14-4-2-3-5-15(14)12-17/h2-6,9,12-13,16,20H,7-8,10-11H2,1H3,(H,21,23)/t13-/m1/s1. The average molecular weight is 390 g/mol. The van der Waals surface area contributed by atoms with E-state index in [4.69, 9.17) is 4.74 Å². The summed E-state index contributed by atoms with van der Waals surface area (Å²) in [6.45, 7) is 1.39. The predicted octanol–water partition coefficient (Wildman–Crippen LogP) is 1.72.